The summed E-state index contributed by atoms with van der Waals surface area (Å²) in [7, 11) is 0. The Hall–Kier alpha value is -3.40. The van der Waals surface area contributed by atoms with Crippen LogP contribution in [0.5, 0.6) is 28.7 Å². The minimum atomic E-state index is 0.114. The van der Waals surface area contributed by atoms with E-state index in [-0.39, 0.29) is 17.2 Å². The predicted molar refractivity (Wildman–Crippen MR) is 134 cm³/mol. The molecule has 0 heterocycles. The summed E-state index contributed by atoms with van der Waals surface area (Å²) in [5.74, 6) is 2.17. The highest BCUT2D eigenvalue weighted by Crippen LogP contribution is 2.36. The molecule has 4 heteroatoms. The molecule has 4 nitrogen and oxygen atoms in total. The molecule has 0 unspecified atom stereocenters. The van der Waals surface area contributed by atoms with Gasteiger partial charge in [0.05, 0.1) is 0 Å². The minimum Gasteiger partial charge on any atom is -0.508 e. The zero-order valence-electron chi connectivity index (χ0n) is 20.1. The summed E-state index contributed by atoms with van der Waals surface area (Å²) in [4.78, 5) is 0. The Labute approximate surface area is 196 Å². The van der Waals surface area contributed by atoms with Crippen LogP contribution in [0.15, 0.2) is 54.6 Å². The zero-order valence-corrected chi connectivity index (χ0v) is 20.1. The summed E-state index contributed by atoms with van der Waals surface area (Å²) in [6.45, 7) is 10.2. The lowest BCUT2D eigenvalue weighted by molar-refractivity contribution is 0.442. The molecule has 3 N–H and O–H groups in total. The van der Waals surface area contributed by atoms with Crippen molar-refractivity contribution in [2.45, 2.75) is 53.9 Å². The first-order chi connectivity index (χ1) is 15.6. The maximum atomic E-state index is 10.7. The summed E-state index contributed by atoms with van der Waals surface area (Å²) in [6.07, 6.45) is 4.83. The molecule has 0 radical (unpaired) electrons. The van der Waals surface area contributed by atoms with Crippen LogP contribution in [0.25, 0.3) is 5.57 Å². The average Bonchev–Trinajstić information content (AvgIpc) is 2.69. The van der Waals surface area contributed by atoms with Crippen molar-refractivity contribution in [1.82, 2.24) is 0 Å². The lowest BCUT2D eigenvalue weighted by Crippen LogP contribution is -1.98. The summed E-state index contributed by atoms with van der Waals surface area (Å²) in [5.41, 5.74) is 5.53. The van der Waals surface area contributed by atoms with E-state index in [1.807, 2.05) is 39.0 Å². The average molecular weight is 447 g/mol. The molecule has 0 bridgehead atoms. The van der Waals surface area contributed by atoms with E-state index < -0.39 is 0 Å². The molecular weight excluding hydrogens is 412 g/mol. The molecule has 3 aromatic rings. The topological polar surface area (TPSA) is 69.9 Å². The van der Waals surface area contributed by atoms with Crippen LogP contribution < -0.4 is 4.74 Å². The number of phenolic OH excluding ortho intramolecular Hbond substituents is 3. The molecule has 0 aliphatic rings. The van der Waals surface area contributed by atoms with E-state index >= 15 is 0 Å². The Morgan fingerprint density at radius 2 is 1.67 bits per heavy atom. The standard InChI is InChI=1S/C29H34O4/c1-18(2)7-6-8-20(4)26-10-9-22(15-28(26)32)14-27-21(5)13-24(31)17-29(27)33-25-12-19(3)11-23(30)16-25/h8-13,15-18,30-32H,6-7,14H2,1-5H3. The van der Waals surface area contributed by atoms with Gasteiger partial charge in [-0.2, -0.15) is 0 Å². The van der Waals surface area contributed by atoms with Gasteiger partial charge in [-0.15, -0.1) is 0 Å². The molecule has 0 aromatic heterocycles. The highest BCUT2D eigenvalue weighted by atomic mass is 16.5. The normalized spacial score (nSPS) is 11.8. The third-order valence-corrected chi connectivity index (χ3v) is 5.74. The van der Waals surface area contributed by atoms with Crippen molar-refractivity contribution in [2.75, 3.05) is 0 Å². The molecule has 0 fully saturated rings. The first-order valence-electron chi connectivity index (χ1n) is 11.4. The fraction of sp³-hybridized carbons (Fsp3) is 0.310. The highest BCUT2D eigenvalue weighted by molar-refractivity contribution is 5.69. The smallest absolute Gasteiger partial charge is 0.134 e. The van der Waals surface area contributed by atoms with Crippen LogP contribution in [-0.2, 0) is 6.42 Å². The first kappa shape index (κ1) is 24.2. The van der Waals surface area contributed by atoms with Gasteiger partial charge in [0, 0.05) is 29.7 Å². The predicted octanol–water partition coefficient (Wildman–Crippen LogP) is 7.64. The molecule has 0 saturated heterocycles. The van der Waals surface area contributed by atoms with Crippen molar-refractivity contribution in [3.8, 4) is 28.7 Å². The van der Waals surface area contributed by atoms with Gasteiger partial charge in [-0.3, -0.25) is 0 Å². The number of phenols is 3. The van der Waals surface area contributed by atoms with Gasteiger partial charge in [0.15, 0.2) is 0 Å². The number of hydrogen-bond acceptors (Lipinski definition) is 4. The minimum absolute atomic E-state index is 0.114. The monoisotopic (exact) mass is 446 g/mol. The maximum absolute atomic E-state index is 10.7. The van der Waals surface area contributed by atoms with Gasteiger partial charge in [0.25, 0.3) is 0 Å². The van der Waals surface area contributed by atoms with Crippen molar-refractivity contribution in [3.63, 3.8) is 0 Å². The summed E-state index contributed by atoms with van der Waals surface area (Å²) >= 11 is 0. The van der Waals surface area contributed by atoms with Gasteiger partial charge in [-0.05, 0) is 86.1 Å². The van der Waals surface area contributed by atoms with Gasteiger partial charge < -0.3 is 20.1 Å². The number of rotatable bonds is 8. The van der Waals surface area contributed by atoms with Crippen molar-refractivity contribution < 1.29 is 20.1 Å². The van der Waals surface area contributed by atoms with Gasteiger partial charge >= 0.3 is 0 Å². The number of aryl methyl sites for hydroxylation is 2. The van der Waals surface area contributed by atoms with Crippen LogP contribution in [0.4, 0.5) is 0 Å². The molecule has 0 spiro atoms. The van der Waals surface area contributed by atoms with Gasteiger partial charge in [0.1, 0.15) is 28.7 Å². The number of ether oxygens (including phenoxy) is 1. The molecule has 33 heavy (non-hydrogen) atoms. The van der Waals surface area contributed by atoms with Crippen molar-refractivity contribution in [2.24, 2.45) is 5.92 Å². The third kappa shape index (κ3) is 6.55. The molecule has 3 rings (SSSR count). The Morgan fingerprint density at radius 1 is 0.939 bits per heavy atom. The quantitative estimate of drug-likeness (QED) is 0.332. The fourth-order valence-electron chi connectivity index (χ4n) is 3.97. The van der Waals surface area contributed by atoms with E-state index in [4.69, 9.17) is 4.74 Å². The maximum Gasteiger partial charge on any atom is 0.134 e. The van der Waals surface area contributed by atoms with E-state index in [0.29, 0.717) is 23.8 Å². The second kappa shape index (κ2) is 10.5. The van der Waals surface area contributed by atoms with Crippen LogP contribution in [0.2, 0.25) is 0 Å². The fourth-order valence-corrected chi connectivity index (χ4v) is 3.97. The number of benzene rings is 3. The molecule has 0 aliphatic carbocycles. The Morgan fingerprint density at radius 3 is 2.33 bits per heavy atom. The van der Waals surface area contributed by atoms with E-state index in [9.17, 15) is 15.3 Å². The number of allylic oxidation sites excluding steroid dienone is 2. The summed E-state index contributed by atoms with van der Waals surface area (Å²) in [6, 6.07) is 14.1. The van der Waals surface area contributed by atoms with Gasteiger partial charge in [0.2, 0.25) is 0 Å². The van der Waals surface area contributed by atoms with Gasteiger partial charge in [-0.1, -0.05) is 32.1 Å². The third-order valence-electron chi connectivity index (χ3n) is 5.74. The van der Waals surface area contributed by atoms with E-state index in [2.05, 4.69) is 19.9 Å². The number of hydrogen-bond donors (Lipinski definition) is 3. The molecule has 0 amide bonds. The largest absolute Gasteiger partial charge is 0.508 e. The lowest BCUT2D eigenvalue weighted by atomic mass is 9.96. The van der Waals surface area contributed by atoms with Crippen molar-refractivity contribution >= 4 is 5.57 Å². The SMILES string of the molecule is CC(=CCCC(C)C)c1ccc(Cc2c(C)cc(O)cc2Oc2cc(C)cc(O)c2)cc1O. The summed E-state index contributed by atoms with van der Waals surface area (Å²) < 4.78 is 6.07. The molecule has 0 saturated carbocycles. The molecule has 174 valence electrons. The lowest BCUT2D eigenvalue weighted by Gasteiger charge is -2.16. The Kier molecular flexibility index (Phi) is 7.70. The van der Waals surface area contributed by atoms with Gasteiger partial charge in [-0.25, -0.2) is 0 Å². The van der Waals surface area contributed by atoms with Crippen molar-refractivity contribution in [1.29, 1.82) is 0 Å². The van der Waals surface area contributed by atoms with E-state index in [0.717, 1.165) is 46.2 Å². The van der Waals surface area contributed by atoms with E-state index in [1.54, 1.807) is 30.3 Å². The van der Waals surface area contributed by atoms with Crippen LogP contribution in [-0.4, -0.2) is 15.3 Å². The van der Waals surface area contributed by atoms with Crippen LogP contribution in [0, 0.1) is 19.8 Å². The van der Waals surface area contributed by atoms with Crippen LogP contribution in [0.3, 0.4) is 0 Å². The number of aromatic hydroxyl groups is 3. The molecule has 3 aromatic carbocycles. The highest BCUT2D eigenvalue weighted by Gasteiger charge is 2.14. The van der Waals surface area contributed by atoms with Crippen LogP contribution in [0.1, 0.15) is 61.4 Å². The molecule has 0 aliphatic heterocycles. The molecular formula is C29H34O4. The second-order valence-corrected chi connectivity index (χ2v) is 9.23. The van der Waals surface area contributed by atoms with Crippen molar-refractivity contribution in [3.05, 3.63) is 82.4 Å². The van der Waals surface area contributed by atoms with E-state index in [1.165, 1.54) is 0 Å². The zero-order chi connectivity index (χ0) is 24.1. The Bertz CT molecular complexity index is 1140. The van der Waals surface area contributed by atoms with Crippen LogP contribution >= 0.6 is 0 Å². The second-order valence-electron chi connectivity index (χ2n) is 9.23. The Balaban J connectivity index is 1.88. The first-order valence-corrected chi connectivity index (χ1v) is 11.4. The molecule has 0 atom stereocenters. The summed E-state index contributed by atoms with van der Waals surface area (Å²) in [5, 5.41) is 30.7.